The molecule has 0 atom stereocenters. The number of nitrogens with zero attached hydrogens (tertiary/aromatic N) is 5. The molecule has 1 aliphatic rings. The van der Waals surface area contributed by atoms with Crippen molar-refractivity contribution in [2.24, 2.45) is 0 Å². The molecule has 0 spiro atoms. The van der Waals surface area contributed by atoms with Crippen molar-refractivity contribution in [1.82, 2.24) is 24.3 Å². The van der Waals surface area contributed by atoms with Gasteiger partial charge in [-0.2, -0.15) is 0 Å². The third-order valence-electron chi connectivity index (χ3n) is 4.96. The number of aromatic nitrogens is 5. The van der Waals surface area contributed by atoms with Crippen molar-refractivity contribution >= 4 is 22.8 Å². The third-order valence-corrected chi connectivity index (χ3v) is 6.19. The zero-order valence-electron chi connectivity index (χ0n) is 16.3. The van der Waals surface area contributed by atoms with Crippen LogP contribution in [0.25, 0.3) is 11.0 Å². The Labute approximate surface area is 178 Å². The van der Waals surface area contributed by atoms with Crippen LogP contribution < -0.4 is 0 Å². The van der Waals surface area contributed by atoms with Crippen molar-refractivity contribution in [3.8, 4) is 0 Å². The molecule has 0 aliphatic carbocycles. The average Bonchev–Trinajstić information content (AvgIpc) is 3.51. The second-order valence-corrected chi connectivity index (χ2v) is 7.99. The van der Waals surface area contributed by atoms with Crippen LogP contribution in [-0.4, -0.2) is 37.5 Å². The van der Waals surface area contributed by atoms with Crippen molar-refractivity contribution in [2.45, 2.75) is 23.4 Å². The molecule has 1 aliphatic heterocycles. The summed E-state index contributed by atoms with van der Waals surface area (Å²) in [4.78, 5) is 4.47. The van der Waals surface area contributed by atoms with E-state index >= 15 is 0 Å². The SMILES string of the molecule is C=CCn1c(Cn2cnc3ccccc32)nnc1SC1(c2ccccc2)OCCO1. The van der Waals surface area contributed by atoms with Gasteiger partial charge in [-0.25, -0.2) is 4.98 Å². The van der Waals surface area contributed by atoms with Crippen LogP contribution in [0, 0.1) is 0 Å². The Morgan fingerprint density at radius 3 is 2.60 bits per heavy atom. The van der Waals surface area contributed by atoms with Gasteiger partial charge in [-0.3, -0.25) is 0 Å². The Hall–Kier alpha value is -2.94. The number of hydrogen-bond donors (Lipinski definition) is 0. The second-order valence-electron chi connectivity index (χ2n) is 6.88. The number of fused-ring (bicyclic) bond motifs is 1. The van der Waals surface area contributed by atoms with E-state index in [1.54, 1.807) is 0 Å². The van der Waals surface area contributed by atoms with Crippen molar-refractivity contribution in [3.63, 3.8) is 0 Å². The number of ether oxygens (including phenoxy) is 2. The molecule has 152 valence electrons. The Bertz CT molecular complexity index is 1160. The number of para-hydroxylation sites is 2. The fourth-order valence-corrected chi connectivity index (χ4v) is 4.70. The lowest BCUT2D eigenvalue weighted by Gasteiger charge is -2.26. The quantitative estimate of drug-likeness (QED) is 0.425. The van der Waals surface area contributed by atoms with Crippen molar-refractivity contribution in [2.75, 3.05) is 13.2 Å². The molecule has 1 fully saturated rings. The summed E-state index contributed by atoms with van der Waals surface area (Å²) in [5.41, 5.74) is 2.96. The minimum Gasteiger partial charge on any atom is -0.335 e. The van der Waals surface area contributed by atoms with E-state index in [4.69, 9.17) is 9.47 Å². The Morgan fingerprint density at radius 1 is 1.03 bits per heavy atom. The largest absolute Gasteiger partial charge is 0.335 e. The lowest BCUT2D eigenvalue weighted by atomic mass is 10.2. The summed E-state index contributed by atoms with van der Waals surface area (Å²) >= 11 is 1.43. The highest BCUT2D eigenvalue weighted by molar-refractivity contribution is 7.99. The minimum absolute atomic E-state index is 0.533. The molecule has 0 unspecified atom stereocenters. The molecule has 4 aromatic rings. The monoisotopic (exact) mass is 419 g/mol. The van der Waals surface area contributed by atoms with E-state index in [1.807, 2.05) is 65.5 Å². The van der Waals surface area contributed by atoms with Crippen LogP contribution in [0.3, 0.4) is 0 Å². The Kier molecular flexibility index (Phi) is 5.12. The van der Waals surface area contributed by atoms with Crippen molar-refractivity contribution in [1.29, 1.82) is 0 Å². The maximum Gasteiger partial charge on any atom is 0.253 e. The number of allylic oxidation sites excluding steroid dienone is 1. The molecule has 8 heteroatoms. The van der Waals surface area contributed by atoms with Crippen LogP contribution in [0.1, 0.15) is 11.4 Å². The zero-order chi connectivity index (χ0) is 20.4. The Balaban J connectivity index is 1.49. The summed E-state index contributed by atoms with van der Waals surface area (Å²) in [7, 11) is 0. The van der Waals surface area contributed by atoms with Gasteiger partial charge >= 0.3 is 0 Å². The lowest BCUT2D eigenvalue weighted by molar-refractivity contribution is -0.0818. The first kappa shape index (κ1) is 19.0. The number of rotatable bonds is 7. The molecule has 0 saturated carbocycles. The van der Waals surface area contributed by atoms with Gasteiger partial charge in [0.25, 0.3) is 5.12 Å². The molecule has 0 bridgehead atoms. The summed E-state index contributed by atoms with van der Waals surface area (Å²) in [5, 5.41) is 8.73. The van der Waals surface area contributed by atoms with E-state index in [0.29, 0.717) is 26.3 Å². The summed E-state index contributed by atoms with van der Waals surface area (Å²) in [5.74, 6) is 0.821. The average molecular weight is 420 g/mol. The van der Waals surface area contributed by atoms with Gasteiger partial charge in [-0.15, -0.1) is 16.8 Å². The van der Waals surface area contributed by atoms with E-state index in [9.17, 15) is 0 Å². The van der Waals surface area contributed by atoms with Crippen molar-refractivity contribution in [3.05, 3.63) is 85.0 Å². The molecule has 0 radical (unpaired) electrons. The van der Waals surface area contributed by atoms with E-state index < -0.39 is 5.12 Å². The maximum absolute atomic E-state index is 6.06. The molecule has 0 amide bonds. The molecule has 2 aromatic heterocycles. The molecule has 30 heavy (non-hydrogen) atoms. The smallest absolute Gasteiger partial charge is 0.253 e. The van der Waals surface area contributed by atoms with Gasteiger partial charge in [0, 0.05) is 12.1 Å². The van der Waals surface area contributed by atoms with E-state index in [1.165, 1.54) is 11.8 Å². The fourth-order valence-electron chi connectivity index (χ4n) is 3.55. The zero-order valence-corrected chi connectivity index (χ0v) is 17.2. The predicted molar refractivity (Wildman–Crippen MR) is 115 cm³/mol. The van der Waals surface area contributed by atoms with Crippen LogP contribution in [-0.2, 0) is 27.7 Å². The Morgan fingerprint density at radius 2 is 1.80 bits per heavy atom. The van der Waals surface area contributed by atoms with E-state index in [2.05, 4.69) is 32.4 Å². The van der Waals surface area contributed by atoms with Gasteiger partial charge in [0.15, 0.2) is 11.0 Å². The van der Waals surface area contributed by atoms with E-state index in [-0.39, 0.29) is 0 Å². The standard InChI is InChI=1S/C22H21N5O2S/c1-2-12-27-20(15-26-16-23-18-10-6-7-11-19(18)26)24-25-21(27)30-22(28-13-14-29-22)17-8-4-3-5-9-17/h2-11,16H,1,12-15H2. The fraction of sp³-hybridized carbons (Fsp3) is 0.227. The highest BCUT2D eigenvalue weighted by Crippen LogP contribution is 2.45. The first-order valence-electron chi connectivity index (χ1n) is 9.74. The van der Waals surface area contributed by atoms with Crippen LogP contribution >= 0.6 is 11.8 Å². The maximum atomic E-state index is 6.06. The number of hydrogen-bond acceptors (Lipinski definition) is 6. The minimum atomic E-state index is -0.924. The van der Waals surface area contributed by atoms with Crippen LogP contribution in [0.15, 0.2) is 78.7 Å². The third kappa shape index (κ3) is 3.43. The summed E-state index contributed by atoms with van der Waals surface area (Å²) in [6, 6.07) is 18.0. The topological polar surface area (TPSA) is 67.0 Å². The summed E-state index contributed by atoms with van der Waals surface area (Å²) in [6.07, 6.45) is 3.67. The molecule has 0 N–H and O–H groups in total. The van der Waals surface area contributed by atoms with Crippen LogP contribution in [0.5, 0.6) is 0 Å². The molecular weight excluding hydrogens is 398 g/mol. The molecule has 1 saturated heterocycles. The first-order valence-corrected chi connectivity index (χ1v) is 10.6. The van der Waals surface area contributed by atoms with Gasteiger partial charge in [0.1, 0.15) is 0 Å². The number of imidazole rings is 1. The van der Waals surface area contributed by atoms with Gasteiger partial charge in [0.2, 0.25) is 0 Å². The molecule has 3 heterocycles. The van der Waals surface area contributed by atoms with Crippen molar-refractivity contribution < 1.29 is 9.47 Å². The highest BCUT2D eigenvalue weighted by atomic mass is 32.2. The van der Waals surface area contributed by atoms with Gasteiger partial charge in [-0.1, -0.05) is 48.5 Å². The van der Waals surface area contributed by atoms with Crippen LogP contribution in [0.4, 0.5) is 0 Å². The normalized spacial score (nSPS) is 15.6. The second kappa shape index (κ2) is 8.06. The van der Waals surface area contributed by atoms with Gasteiger partial charge in [0.05, 0.1) is 37.1 Å². The predicted octanol–water partition coefficient (Wildman–Crippen LogP) is 3.81. The summed E-state index contributed by atoms with van der Waals surface area (Å²) < 4.78 is 16.2. The number of thioether (sulfide) groups is 1. The lowest BCUT2D eigenvalue weighted by Crippen LogP contribution is -2.23. The van der Waals surface area contributed by atoms with Gasteiger partial charge < -0.3 is 18.6 Å². The first-order chi connectivity index (χ1) is 14.8. The summed E-state index contributed by atoms with van der Waals surface area (Å²) in [6.45, 7) is 6.11. The highest BCUT2D eigenvalue weighted by Gasteiger charge is 2.41. The number of benzene rings is 2. The molecule has 5 rings (SSSR count). The molecule has 7 nitrogen and oxygen atoms in total. The molecular formula is C22H21N5O2S. The molecule has 2 aromatic carbocycles. The van der Waals surface area contributed by atoms with E-state index in [0.717, 1.165) is 27.6 Å². The van der Waals surface area contributed by atoms with Gasteiger partial charge in [-0.05, 0) is 23.9 Å². The van der Waals surface area contributed by atoms with Crippen LogP contribution in [0.2, 0.25) is 0 Å².